The molecular formula is C19H19ClN4. The van der Waals surface area contributed by atoms with E-state index in [2.05, 4.69) is 26.7 Å². The van der Waals surface area contributed by atoms with Gasteiger partial charge in [0.15, 0.2) is 5.96 Å². The van der Waals surface area contributed by atoms with Crippen LogP contribution < -0.4 is 10.6 Å². The molecule has 0 unspecified atom stereocenters. The van der Waals surface area contributed by atoms with Crippen molar-refractivity contribution < 1.29 is 0 Å². The van der Waals surface area contributed by atoms with E-state index in [1.54, 1.807) is 7.05 Å². The Bertz CT molecular complexity index is 838. The molecule has 0 fully saturated rings. The quantitative estimate of drug-likeness (QED) is 0.562. The molecule has 1 aromatic heterocycles. The van der Waals surface area contributed by atoms with Crippen molar-refractivity contribution in [3.05, 3.63) is 76.9 Å². The van der Waals surface area contributed by atoms with Gasteiger partial charge in [0, 0.05) is 36.7 Å². The number of para-hydroxylation sites is 1. The maximum Gasteiger partial charge on any atom is 0.191 e. The molecule has 0 aliphatic heterocycles. The third kappa shape index (κ3) is 4.03. The summed E-state index contributed by atoms with van der Waals surface area (Å²) < 4.78 is 0. The molecule has 1 heterocycles. The second kappa shape index (κ2) is 7.79. The SMILES string of the molecule is CN=C(NCc1ccc(Cl)cc1)NCc1ccnc2ccccc12. The Hall–Kier alpha value is -2.59. The molecule has 4 nitrogen and oxygen atoms in total. The first-order valence-corrected chi connectivity index (χ1v) is 8.15. The molecule has 2 aromatic carbocycles. The fourth-order valence-corrected chi connectivity index (χ4v) is 2.62. The minimum atomic E-state index is 0.684. The van der Waals surface area contributed by atoms with E-state index < -0.39 is 0 Å². The van der Waals surface area contributed by atoms with E-state index in [0.29, 0.717) is 13.1 Å². The molecule has 0 amide bonds. The summed E-state index contributed by atoms with van der Waals surface area (Å²) in [5.74, 6) is 0.755. The van der Waals surface area contributed by atoms with Gasteiger partial charge in [-0.1, -0.05) is 41.9 Å². The molecule has 5 heteroatoms. The third-order valence-electron chi connectivity index (χ3n) is 3.78. The molecule has 3 rings (SSSR count). The van der Waals surface area contributed by atoms with Crippen molar-refractivity contribution in [1.29, 1.82) is 0 Å². The number of hydrogen-bond acceptors (Lipinski definition) is 2. The number of nitrogens with one attached hydrogen (secondary N) is 2. The van der Waals surface area contributed by atoms with Crippen molar-refractivity contribution in [3.8, 4) is 0 Å². The number of fused-ring (bicyclic) bond motifs is 1. The van der Waals surface area contributed by atoms with E-state index in [4.69, 9.17) is 11.6 Å². The third-order valence-corrected chi connectivity index (χ3v) is 4.03. The van der Waals surface area contributed by atoms with E-state index >= 15 is 0 Å². The topological polar surface area (TPSA) is 49.3 Å². The van der Waals surface area contributed by atoms with Crippen LogP contribution in [0.3, 0.4) is 0 Å². The number of guanidine groups is 1. The Morgan fingerprint density at radius 3 is 2.54 bits per heavy atom. The highest BCUT2D eigenvalue weighted by Crippen LogP contribution is 2.15. The number of aromatic nitrogens is 1. The van der Waals surface area contributed by atoms with Crippen LogP contribution in [0.1, 0.15) is 11.1 Å². The van der Waals surface area contributed by atoms with Crippen molar-refractivity contribution >= 4 is 28.5 Å². The first kappa shape index (κ1) is 16.3. The number of nitrogens with zero attached hydrogens (tertiary/aromatic N) is 2. The largest absolute Gasteiger partial charge is 0.352 e. The predicted octanol–water partition coefficient (Wildman–Crippen LogP) is 3.75. The Labute approximate surface area is 146 Å². The van der Waals surface area contributed by atoms with Gasteiger partial charge in [0.1, 0.15) is 0 Å². The lowest BCUT2D eigenvalue weighted by Crippen LogP contribution is -2.36. The number of halogens is 1. The fraction of sp³-hybridized carbons (Fsp3) is 0.158. The van der Waals surface area contributed by atoms with E-state index in [1.807, 2.05) is 54.7 Å². The van der Waals surface area contributed by atoms with Gasteiger partial charge in [-0.2, -0.15) is 0 Å². The zero-order valence-corrected chi connectivity index (χ0v) is 14.2. The van der Waals surface area contributed by atoms with Crippen molar-refractivity contribution in [3.63, 3.8) is 0 Å². The van der Waals surface area contributed by atoms with E-state index in [0.717, 1.165) is 27.4 Å². The van der Waals surface area contributed by atoms with Crippen LogP contribution in [0.15, 0.2) is 65.8 Å². The van der Waals surface area contributed by atoms with Crippen LogP contribution in [0.25, 0.3) is 10.9 Å². The van der Waals surface area contributed by atoms with Gasteiger partial charge >= 0.3 is 0 Å². The lowest BCUT2D eigenvalue weighted by atomic mass is 10.1. The summed E-state index contributed by atoms with van der Waals surface area (Å²) in [6.07, 6.45) is 1.84. The smallest absolute Gasteiger partial charge is 0.191 e. The van der Waals surface area contributed by atoms with Gasteiger partial charge in [0.25, 0.3) is 0 Å². The minimum Gasteiger partial charge on any atom is -0.352 e. The maximum absolute atomic E-state index is 5.91. The fourth-order valence-electron chi connectivity index (χ4n) is 2.50. The summed E-state index contributed by atoms with van der Waals surface area (Å²) in [6, 6.07) is 17.9. The van der Waals surface area contributed by atoms with Gasteiger partial charge in [-0.05, 0) is 35.4 Å². The molecule has 0 aliphatic rings. The van der Waals surface area contributed by atoms with Crippen molar-refractivity contribution in [2.45, 2.75) is 13.1 Å². The van der Waals surface area contributed by atoms with Crippen molar-refractivity contribution in [2.24, 2.45) is 4.99 Å². The predicted molar refractivity (Wildman–Crippen MR) is 100 cm³/mol. The second-order valence-corrected chi connectivity index (χ2v) is 5.83. The van der Waals surface area contributed by atoms with Gasteiger partial charge in [0.05, 0.1) is 5.52 Å². The highest BCUT2D eigenvalue weighted by atomic mass is 35.5. The van der Waals surface area contributed by atoms with Crippen LogP contribution in [-0.2, 0) is 13.1 Å². The average molecular weight is 339 g/mol. The molecule has 0 saturated carbocycles. The molecule has 2 N–H and O–H groups in total. The normalized spacial score (nSPS) is 11.5. The molecule has 0 bridgehead atoms. The van der Waals surface area contributed by atoms with Gasteiger partial charge in [0.2, 0.25) is 0 Å². The van der Waals surface area contributed by atoms with Crippen LogP contribution in [0, 0.1) is 0 Å². The highest BCUT2D eigenvalue weighted by Gasteiger charge is 2.03. The minimum absolute atomic E-state index is 0.684. The van der Waals surface area contributed by atoms with Crippen molar-refractivity contribution in [2.75, 3.05) is 7.05 Å². The molecule has 0 aliphatic carbocycles. The number of pyridine rings is 1. The summed E-state index contributed by atoms with van der Waals surface area (Å²) >= 11 is 5.91. The molecule has 0 spiro atoms. The van der Waals surface area contributed by atoms with Crippen LogP contribution in [0.5, 0.6) is 0 Å². The molecule has 0 radical (unpaired) electrons. The maximum atomic E-state index is 5.91. The number of aliphatic imine (C=N–C) groups is 1. The Morgan fingerprint density at radius 2 is 1.75 bits per heavy atom. The molecule has 122 valence electrons. The van der Waals surface area contributed by atoms with E-state index in [-0.39, 0.29) is 0 Å². The second-order valence-electron chi connectivity index (χ2n) is 5.39. The monoisotopic (exact) mass is 338 g/mol. The first-order chi connectivity index (χ1) is 11.8. The first-order valence-electron chi connectivity index (χ1n) is 7.78. The zero-order valence-electron chi connectivity index (χ0n) is 13.5. The average Bonchev–Trinajstić information content (AvgIpc) is 2.63. The molecule has 0 atom stereocenters. The number of rotatable bonds is 4. The zero-order chi connectivity index (χ0) is 16.8. The van der Waals surface area contributed by atoms with E-state index in [9.17, 15) is 0 Å². The number of benzene rings is 2. The van der Waals surface area contributed by atoms with Crippen LogP contribution in [0.2, 0.25) is 5.02 Å². The van der Waals surface area contributed by atoms with Gasteiger partial charge in [-0.15, -0.1) is 0 Å². The van der Waals surface area contributed by atoms with Crippen molar-refractivity contribution in [1.82, 2.24) is 15.6 Å². The molecule has 0 saturated heterocycles. The van der Waals surface area contributed by atoms with Crippen LogP contribution in [-0.4, -0.2) is 18.0 Å². The molecule has 3 aromatic rings. The Balaban J connectivity index is 1.62. The molecule has 24 heavy (non-hydrogen) atoms. The lowest BCUT2D eigenvalue weighted by Gasteiger charge is -2.13. The summed E-state index contributed by atoms with van der Waals surface area (Å²) in [5, 5.41) is 8.54. The molecular weight excluding hydrogens is 320 g/mol. The van der Waals surface area contributed by atoms with Gasteiger partial charge in [-0.25, -0.2) is 0 Å². The van der Waals surface area contributed by atoms with Crippen LogP contribution >= 0.6 is 11.6 Å². The standard InChI is InChI=1S/C19H19ClN4/c1-21-19(23-12-14-6-8-16(20)9-7-14)24-13-15-10-11-22-18-5-3-2-4-17(15)18/h2-11H,12-13H2,1H3,(H2,21,23,24). The summed E-state index contributed by atoms with van der Waals surface area (Å²) in [6.45, 7) is 1.37. The lowest BCUT2D eigenvalue weighted by molar-refractivity contribution is 0.811. The van der Waals surface area contributed by atoms with Crippen LogP contribution in [0.4, 0.5) is 0 Å². The number of hydrogen-bond donors (Lipinski definition) is 2. The van der Waals surface area contributed by atoms with Gasteiger partial charge < -0.3 is 10.6 Å². The van der Waals surface area contributed by atoms with E-state index in [1.165, 1.54) is 5.56 Å². The highest BCUT2D eigenvalue weighted by molar-refractivity contribution is 6.30. The summed E-state index contributed by atoms with van der Waals surface area (Å²) in [5.41, 5.74) is 3.34. The summed E-state index contributed by atoms with van der Waals surface area (Å²) in [4.78, 5) is 8.66. The Morgan fingerprint density at radius 1 is 1.00 bits per heavy atom. The van der Waals surface area contributed by atoms with Gasteiger partial charge in [-0.3, -0.25) is 9.98 Å². The Kier molecular flexibility index (Phi) is 5.29. The summed E-state index contributed by atoms with van der Waals surface area (Å²) in [7, 11) is 1.77.